The van der Waals surface area contributed by atoms with Gasteiger partial charge in [0.1, 0.15) is 17.3 Å². The Morgan fingerprint density at radius 2 is 1.97 bits per heavy atom. The van der Waals surface area contributed by atoms with E-state index in [9.17, 15) is 9.18 Å². The summed E-state index contributed by atoms with van der Waals surface area (Å²) in [6.07, 6.45) is 4.03. The Morgan fingerprint density at radius 1 is 1.23 bits per heavy atom. The third kappa shape index (κ3) is 5.12. The first kappa shape index (κ1) is 24.6. The standard InChI is InChI=1S/C27H32FN3O4/c1-6-18-15-25(31-9-11-34-12-10-31)35-26-21(13-19(14-22(18)26)27(32)30(3)4)17(2)29-23-16-20(28)7-8-24(23)33-5/h6-8,13-17,29H,9-12H2,1-5H3. The van der Waals surface area contributed by atoms with Crippen LogP contribution in [0.4, 0.5) is 10.1 Å². The SMILES string of the molecule is CC=C1C=C(N2CCOCC2)Oc2c1cc(C(=O)N(C)C)cc2C(C)Nc1cc(F)ccc1OC. The first-order valence-electron chi connectivity index (χ1n) is 11.7. The van der Waals surface area contributed by atoms with Gasteiger partial charge in [-0.25, -0.2) is 4.39 Å². The number of rotatable bonds is 6. The summed E-state index contributed by atoms with van der Waals surface area (Å²) < 4.78 is 31.4. The largest absolute Gasteiger partial charge is 0.495 e. The number of hydrogen-bond acceptors (Lipinski definition) is 6. The average molecular weight is 482 g/mol. The van der Waals surface area contributed by atoms with Crippen molar-refractivity contribution >= 4 is 17.2 Å². The lowest BCUT2D eigenvalue weighted by atomic mass is 9.92. The minimum absolute atomic E-state index is 0.108. The molecule has 8 heteroatoms. The van der Waals surface area contributed by atoms with Crippen LogP contribution in [-0.4, -0.2) is 63.2 Å². The van der Waals surface area contributed by atoms with E-state index >= 15 is 0 Å². The fourth-order valence-corrected chi connectivity index (χ4v) is 4.31. The number of anilines is 1. The van der Waals surface area contributed by atoms with E-state index in [1.165, 1.54) is 12.1 Å². The molecule has 0 bridgehead atoms. The van der Waals surface area contributed by atoms with E-state index in [2.05, 4.69) is 10.2 Å². The first-order chi connectivity index (χ1) is 16.8. The van der Waals surface area contributed by atoms with Gasteiger partial charge in [-0.1, -0.05) is 6.08 Å². The molecule has 0 saturated carbocycles. The smallest absolute Gasteiger partial charge is 0.253 e. The predicted octanol–water partition coefficient (Wildman–Crippen LogP) is 4.68. The summed E-state index contributed by atoms with van der Waals surface area (Å²) in [7, 11) is 5.00. The number of amides is 1. The number of morpholine rings is 1. The van der Waals surface area contributed by atoms with Crippen molar-refractivity contribution in [2.75, 3.05) is 52.8 Å². The highest BCUT2D eigenvalue weighted by molar-refractivity contribution is 5.96. The molecule has 1 amide bonds. The fourth-order valence-electron chi connectivity index (χ4n) is 4.31. The van der Waals surface area contributed by atoms with Crippen molar-refractivity contribution in [2.45, 2.75) is 19.9 Å². The lowest BCUT2D eigenvalue weighted by molar-refractivity contribution is 0.0345. The summed E-state index contributed by atoms with van der Waals surface area (Å²) in [5, 5.41) is 3.35. The van der Waals surface area contributed by atoms with Crippen LogP contribution in [0.1, 0.15) is 41.4 Å². The van der Waals surface area contributed by atoms with Crippen LogP contribution in [0.3, 0.4) is 0 Å². The van der Waals surface area contributed by atoms with Gasteiger partial charge in [-0.2, -0.15) is 0 Å². The summed E-state index contributed by atoms with van der Waals surface area (Å²) in [6, 6.07) is 7.73. The zero-order chi connectivity index (χ0) is 25.1. The van der Waals surface area contributed by atoms with E-state index in [-0.39, 0.29) is 17.8 Å². The maximum absolute atomic E-state index is 14.0. The van der Waals surface area contributed by atoms with Crippen LogP contribution < -0.4 is 14.8 Å². The van der Waals surface area contributed by atoms with Crippen molar-refractivity contribution in [3.8, 4) is 11.5 Å². The van der Waals surface area contributed by atoms with E-state index in [0.29, 0.717) is 36.0 Å². The van der Waals surface area contributed by atoms with Crippen LogP contribution in [0.2, 0.25) is 0 Å². The molecule has 1 N–H and O–H groups in total. The molecule has 2 aromatic carbocycles. The Balaban J connectivity index is 1.80. The number of benzene rings is 2. The highest BCUT2D eigenvalue weighted by Crippen LogP contribution is 2.42. The topological polar surface area (TPSA) is 63.3 Å². The number of carbonyl (C=O) groups is 1. The molecule has 1 unspecified atom stereocenters. The highest BCUT2D eigenvalue weighted by Gasteiger charge is 2.28. The molecule has 0 spiro atoms. The van der Waals surface area contributed by atoms with E-state index < -0.39 is 0 Å². The molecule has 1 saturated heterocycles. The Labute approximate surface area is 205 Å². The van der Waals surface area contributed by atoms with E-state index in [1.807, 2.05) is 38.1 Å². The number of nitrogens with one attached hydrogen (secondary N) is 1. The summed E-state index contributed by atoms with van der Waals surface area (Å²) in [6.45, 7) is 6.67. The first-order valence-corrected chi connectivity index (χ1v) is 11.7. The van der Waals surface area contributed by atoms with Crippen molar-refractivity contribution in [3.05, 3.63) is 70.9 Å². The molecule has 7 nitrogen and oxygen atoms in total. The van der Waals surface area contributed by atoms with Crippen molar-refractivity contribution in [1.29, 1.82) is 0 Å². The van der Waals surface area contributed by atoms with Gasteiger partial charge in [0.2, 0.25) is 0 Å². The average Bonchev–Trinajstić information content (AvgIpc) is 2.87. The molecule has 0 aliphatic carbocycles. The monoisotopic (exact) mass is 481 g/mol. The zero-order valence-corrected chi connectivity index (χ0v) is 20.9. The molecule has 0 radical (unpaired) electrons. The van der Waals surface area contributed by atoms with E-state index in [0.717, 1.165) is 35.7 Å². The highest BCUT2D eigenvalue weighted by atomic mass is 19.1. The van der Waals surface area contributed by atoms with Crippen LogP contribution in [0.15, 0.2) is 48.4 Å². The van der Waals surface area contributed by atoms with Gasteiger partial charge in [0.25, 0.3) is 5.91 Å². The molecule has 4 rings (SSSR count). The van der Waals surface area contributed by atoms with Crippen LogP contribution in [0.5, 0.6) is 11.5 Å². The Morgan fingerprint density at radius 3 is 2.63 bits per heavy atom. The van der Waals surface area contributed by atoms with Crippen LogP contribution >= 0.6 is 0 Å². The quantitative estimate of drug-likeness (QED) is 0.647. The van der Waals surface area contributed by atoms with Gasteiger partial charge in [-0.3, -0.25) is 4.79 Å². The third-order valence-corrected chi connectivity index (χ3v) is 6.20. The molecular formula is C27H32FN3O4. The van der Waals surface area contributed by atoms with Crippen molar-refractivity contribution in [1.82, 2.24) is 9.80 Å². The van der Waals surface area contributed by atoms with Gasteiger partial charge in [-0.15, -0.1) is 0 Å². The number of allylic oxidation sites excluding steroid dienone is 3. The van der Waals surface area contributed by atoms with Gasteiger partial charge in [-0.05, 0) is 43.7 Å². The molecule has 1 atom stereocenters. The maximum atomic E-state index is 14.0. The number of carbonyl (C=O) groups excluding carboxylic acids is 1. The molecule has 0 aromatic heterocycles. The van der Waals surface area contributed by atoms with Crippen molar-refractivity contribution in [2.24, 2.45) is 0 Å². The fraction of sp³-hybridized carbons (Fsp3) is 0.370. The number of fused-ring (bicyclic) bond motifs is 1. The Bertz CT molecular complexity index is 1170. The molecule has 35 heavy (non-hydrogen) atoms. The normalized spacial score (nSPS) is 17.3. The lowest BCUT2D eigenvalue weighted by Crippen LogP contribution is -2.38. The number of methoxy groups -OCH3 is 1. The minimum atomic E-state index is -0.371. The third-order valence-electron chi connectivity index (χ3n) is 6.20. The maximum Gasteiger partial charge on any atom is 0.253 e. The Kier molecular flexibility index (Phi) is 7.31. The molecule has 2 aliphatic heterocycles. The lowest BCUT2D eigenvalue weighted by Gasteiger charge is -2.34. The molecule has 2 heterocycles. The summed E-state index contributed by atoms with van der Waals surface area (Å²) in [4.78, 5) is 16.7. The molecule has 2 aromatic rings. The zero-order valence-electron chi connectivity index (χ0n) is 20.9. The second kappa shape index (κ2) is 10.4. The van der Waals surface area contributed by atoms with Crippen LogP contribution in [-0.2, 0) is 4.74 Å². The number of hydrogen-bond donors (Lipinski definition) is 1. The minimum Gasteiger partial charge on any atom is -0.495 e. The second-order valence-electron chi connectivity index (χ2n) is 8.78. The summed E-state index contributed by atoms with van der Waals surface area (Å²) in [5.41, 5.74) is 3.67. The summed E-state index contributed by atoms with van der Waals surface area (Å²) >= 11 is 0. The van der Waals surface area contributed by atoms with E-state index in [4.69, 9.17) is 14.2 Å². The van der Waals surface area contributed by atoms with Gasteiger partial charge in [0.05, 0.1) is 32.1 Å². The van der Waals surface area contributed by atoms with Gasteiger partial charge < -0.3 is 29.3 Å². The van der Waals surface area contributed by atoms with Crippen LogP contribution in [0.25, 0.3) is 5.57 Å². The Hall–Kier alpha value is -3.52. The molecular weight excluding hydrogens is 449 g/mol. The van der Waals surface area contributed by atoms with Crippen molar-refractivity contribution < 1.29 is 23.4 Å². The number of ether oxygens (including phenoxy) is 3. The summed E-state index contributed by atoms with van der Waals surface area (Å²) in [5.74, 6) is 1.47. The number of halogens is 1. The van der Waals surface area contributed by atoms with Gasteiger partial charge >= 0.3 is 0 Å². The van der Waals surface area contributed by atoms with E-state index in [1.54, 1.807) is 32.2 Å². The predicted molar refractivity (Wildman–Crippen MR) is 134 cm³/mol. The molecule has 1 fully saturated rings. The van der Waals surface area contributed by atoms with Gasteiger partial charge in [0.15, 0.2) is 5.88 Å². The van der Waals surface area contributed by atoms with Crippen molar-refractivity contribution in [3.63, 3.8) is 0 Å². The number of nitrogens with zero attached hydrogens (tertiary/aromatic N) is 2. The van der Waals surface area contributed by atoms with Gasteiger partial charge in [0, 0.05) is 56.0 Å². The second-order valence-corrected chi connectivity index (χ2v) is 8.78. The molecule has 186 valence electrons. The van der Waals surface area contributed by atoms with Crippen LogP contribution in [0, 0.1) is 5.82 Å². The molecule has 2 aliphatic rings.